The largest absolute Gasteiger partial charge is 0.352 e. The number of aromatic nitrogens is 2. The van der Waals surface area contributed by atoms with Crippen LogP contribution in [0.4, 0.5) is 4.39 Å². The van der Waals surface area contributed by atoms with Gasteiger partial charge in [0.25, 0.3) is 5.91 Å². The third-order valence-corrected chi connectivity index (χ3v) is 5.66. The maximum Gasteiger partial charge on any atom is 0.273 e. The van der Waals surface area contributed by atoms with E-state index in [1.54, 1.807) is 24.3 Å². The molecule has 0 unspecified atom stereocenters. The van der Waals surface area contributed by atoms with E-state index in [1.807, 2.05) is 20.8 Å². The van der Waals surface area contributed by atoms with Crippen LogP contribution in [0.1, 0.15) is 54.5 Å². The number of nitrogens with one attached hydrogen (secondary N) is 2. The van der Waals surface area contributed by atoms with Crippen LogP contribution in [0, 0.1) is 11.2 Å². The molecule has 0 bridgehead atoms. The number of Topliss-reactive ketones (excluding diaryl/α,β-unsaturated/α-hetero) is 1. The average Bonchev–Trinajstić information content (AvgIpc) is 3.51. The van der Waals surface area contributed by atoms with Crippen LogP contribution in [0.3, 0.4) is 0 Å². The first kappa shape index (κ1) is 22.6. The van der Waals surface area contributed by atoms with E-state index < -0.39 is 23.2 Å². The number of hydrogen-bond acceptors (Lipinski definition) is 4. The fraction of sp³-hybridized carbons (Fsp3) is 0.360. The van der Waals surface area contributed by atoms with Crippen molar-refractivity contribution in [1.29, 1.82) is 0 Å². The van der Waals surface area contributed by atoms with Gasteiger partial charge in [0.15, 0.2) is 11.5 Å². The first-order valence-electron chi connectivity index (χ1n) is 11.0. The summed E-state index contributed by atoms with van der Waals surface area (Å²) in [5.74, 6) is -1.38. The van der Waals surface area contributed by atoms with Crippen LogP contribution in [0.2, 0.25) is 0 Å². The lowest BCUT2D eigenvalue weighted by atomic mass is 9.86. The monoisotopic (exact) mass is 450 g/mol. The van der Waals surface area contributed by atoms with Crippen molar-refractivity contribution in [3.63, 3.8) is 0 Å². The Morgan fingerprint density at radius 3 is 2.39 bits per heavy atom. The van der Waals surface area contributed by atoms with Crippen LogP contribution in [0.15, 0.2) is 48.5 Å². The van der Waals surface area contributed by atoms with Gasteiger partial charge in [-0.05, 0) is 48.6 Å². The van der Waals surface area contributed by atoms with Gasteiger partial charge in [-0.1, -0.05) is 39.0 Å². The van der Waals surface area contributed by atoms with E-state index in [0.29, 0.717) is 16.5 Å². The fourth-order valence-electron chi connectivity index (χ4n) is 3.67. The van der Waals surface area contributed by atoms with Gasteiger partial charge in [0.2, 0.25) is 5.91 Å². The number of amides is 2. The third kappa shape index (κ3) is 5.10. The highest BCUT2D eigenvalue weighted by atomic mass is 19.1. The molecule has 33 heavy (non-hydrogen) atoms. The second-order valence-electron chi connectivity index (χ2n) is 9.51. The molecule has 2 aromatic carbocycles. The predicted molar refractivity (Wildman–Crippen MR) is 122 cm³/mol. The summed E-state index contributed by atoms with van der Waals surface area (Å²) in [4.78, 5) is 38.7. The molecule has 2 N–H and O–H groups in total. The van der Waals surface area contributed by atoms with Crippen molar-refractivity contribution >= 4 is 28.5 Å². The topological polar surface area (TPSA) is 93.1 Å². The number of ketones is 1. The van der Waals surface area contributed by atoms with Gasteiger partial charge in [0.1, 0.15) is 18.4 Å². The van der Waals surface area contributed by atoms with Gasteiger partial charge < -0.3 is 10.6 Å². The van der Waals surface area contributed by atoms with Crippen molar-refractivity contribution in [2.75, 3.05) is 0 Å². The summed E-state index contributed by atoms with van der Waals surface area (Å²) in [6.45, 7) is 5.57. The number of hydrogen-bond donors (Lipinski definition) is 2. The molecule has 1 fully saturated rings. The normalized spacial score (nSPS) is 14.7. The molecule has 8 heteroatoms. The van der Waals surface area contributed by atoms with E-state index in [1.165, 1.54) is 28.9 Å². The minimum atomic E-state index is -0.740. The summed E-state index contributed by atoms with van der Waals surface area (Å²) in [7, 11) is 0. The van der Waals surface area contributed by atoms with Crippen LogP contribution in [-0.4, -0.2) is 39.5 Å². The number of carbonyl (C=O) groups excluding carboxylic acids is 3. The van der Waals surface area contributed by atoms with Gasteiger partial charge >= 0.3 is 0 Å². The second-order valence-corrected chi connectivity index (χ2v) is 9.51. The molecule has 1 aliphatic carbocycles. The van der Waals surface area contributed by atoms with Crippen LogP contribution in [0.5, 0.6) is 0 Å². The van der Waals surface area contributed by atoms with Gasteiger partial charge in [-0.25, -0.2) is 4.39 Å². The number of carbonyl (C=O) groups is 3. The van der Waals surface area contributed by atoms with Crippen molar-refractivity contribution in [2.45, 2.75) is 52.2 Å². The molecule has 1 saturated carbocycles. The summed E-state index contributed by atoms with van der Waals surface area (Å²) >= 11 is 0. The Bertz CT molecular complexity index is 1210. The summed E-state index contributed by atoms with van der Waals surface area (Å²) in [5, 5.41) is 10.8. The third-order valence-electron chi connectivity index (χ3n) is 5.66. The Kier molecular flexibility index (Phi) is 6.01. The van der Waals surface area contributed by atoms with E-state index in [4.69, 9.17) is 0 Å². The van der Waals surface area contributed by atoms with Crippen molar-refractivity contribution in [1.82, 2.24) is 20.4 Å². The zero-order chi connectivity index (χ0) is 23.8. The quantitative estimate of drug-likeness (QED) is 0.539. The Hall–Kier alpha value is -3.55. The zero-order valence-electron chi connectivity index (χ0n) is 18.9. The number of nitrogens with zero attached hydrogens (tertiary/aromatic N) is 2. The molecule has 172 valence electrons. The molecule has 0 spiro atoms. The molecule has 2 amide bonds. The standard InChI is InChI=1S/C25H27FN4O3/c1-25(2,3)22(24(33)27-17-12-13-17)28-23(32)21-18-6-4-5-7-19(18)30(29-21)14-20(31)15-8-10-16(26)11-9-15/h4-11,17,22H,12-14H2,1-3H3,(H,27,33)(H,28,32)/t22-/m1/s1. The van der Waals surface area contributed by atoms with Gasteiger partial charge in [0.05, 0.1) is 5.52 Å². The second kappa shape index (κ2) is 8.77. The molecule has 4 rings (SSSR count). The zero-order valence-corrected chi connectivity index (χ0v) is 18.9. The maximum absolute atomic E-state index is 13.2. The summed E-state index contributed by atoms with van der Waals surface area (Å²) < 4.78 is 14.7. The lowest BCUT2D eigenvalue weighted by molar-refractivity contribution is -0.125. The SMILES string of the molecule is CC(C)(C)[C@H](NC(=O)c1nn(CC(=O)c2ccc(F)cc2)c2ccccc12)C(=O)NC1CC1. The van der Waals surface area contributed by atoms with Crippen molar-refractivity contribution in [3.8, 4) is 0 Å². The number of fused-ring (bicyclic) bond motifs is 1. The van der Waals surface area contributed by atoms with Crippen molar-refractivity contribution in [2.24, 2.45) is 5.41 Å². The fourth-order valence-corrected chi connectivity index (χ4v) is 3.67. The van der Waals surface area contributed by atoms with Crippen LogP contribution >= 0.6 is 0 Å². The van der Waals surface area contributed by atoms with Crippen LogP contribution in [0.25, 0.3) is 10.9 Å². The number of para-hydroxylation sites is 1. The molecule has 1 atom stereocenters. The Labute approximate surface area is 191 Å². The summed E-state index contributed by atoms with van der Waals surface area (Å²) in [5.41, 5.74) is 0.608. The van der Waals surface area contributed by atoms with Gasteiger partial charge in [-0.3, -0.25) is 19.1 Å². The van der Waals surface area contributed by atoms with E-state index in [0.717, 1.165) is 12.8 Å². The van der Waals surface area contributed by atoms with E-state index >= 15 is 0 Å². The Morgan fingerprint density at radius 1 is 1.09 bits per heavy atom. The van der Waals surface area contributed by atoms with Gasteiger partial charge in [-0.15, -0.1) is 0 Å². The lowest BCUT2D eigenvalue weighted by Gasteiger charge is -2.30. The molecule has 1 aromatic heterocycles. The first-order valence-corrected chi connectivity index (χ1v) is 11.0. The van der Waals surface area contributed by atoms with Crippen molar-refractivity contribution in [3.05, 3.63) is 65.6 Å². The smallest absolute Gasteiger partial charge is 0.273 e. The maximum atomic E-state index is 13.2. The van der Waals surface area contributed by atoms with Gasteiger partial charge in [-0.2, -0.15) is 5.10 Å². The van der Waals surface area contributed by atoms with E-state index in [2.05, 4.69) is 15.7 Å². The van der Waals surface area contributed by atoms with Crippen LogP contribution in [-0.2, 0) is 11.3 Å². The Balaban J connectivity index is 1.60. The highest BCUT2D eigenvalue weighted by Crippen LogP contribution is 2.25. The molecule has 7 nitrogen and oxygen atoms in total. The van der Waals surface area contributed by atoms with Gasteiger partial charge in [0, 0.05) is 17.0 Å². The average molecular weight is 451 g/mol. The Morgan fingerprint density at radius 2 is 1.76 bits per heavy atom. The summed E-state index contributed by atoms with van der Waals surface area (Å²) in [6, 6.07) is 11.9. The van der Waals surface area contributed by atoms with E-state index in [-0.39, 0.29) is 30.0 Å². The highest BCUT2D eigenvalue weighted by Gasteiger charge is 2.36. The molecule has 0 aliphatic heterocycles. The molecule has 3 aromatic rings. The minimum absolute atomic E-state index is 0.107. The molecular weight excluding hydrogens is 423 g/mol. The molecule has 0 radical (unpaired) electrons. The predicted octanol–water partition coefficient (Wildman–Crippen LogP) is 3.48. The van der Waals surface area contributed by atoms with Crippen LogP contribution < -0.4 is 10.6 Å². The van der Waals surface area contributed by atoms with Crippen molar-refractivity contribution < 1.29 is 18.8 Å². The first-order chi connectivity index (χ1) is 15.6. The summed E-state index contributed by atoms with van der Waals surface area (Å²) in [6.07, 6.45) is 1.90. The molecule has 1 aliphatic rings. The number of benzene rings is 2. The lowest BCUT2D eigenvalue weighted by Crippen LogP contribution is -2.54. The number of rotatable bonds is 7. The molecule has 1 heterocycles. The molecule has 0 saturated heterocycles. The highest BCUT2D eigenvalue weighted by molar-refractivity contribution is 6.07. The molecular formula is C25H27FN4O3. The number of halogens is 1. The van der Waals surface area contributed by atoms with E-state index in [9.17, 15) is 18.8 Å². The minimum Gasteiger partial charge on any atom is -0.352 e.